The van der Waals surface area contributed by atoms with Crippen LogP contribution in [-0.4, -0.2) is 52.3 Å². The lowest BCUT2D eigenvalue weighted by molar-refractivity contribution is -0.124. The van der Waals surface area contributed by atoms with Crippen LogP contribution < -0.4 is 5.32 Å². The molecule has 1 aromatic carbocycles. The first-order valence-electron chi connectivity index (χ1n) is 11.5. The average molecular weight is 429 g/mol. The summed E-state index contributed by atoms with van der Waals surface area (Å²) in [7, 11) is 0. The van der Waals surface area contributed by atoms with E-state index < -0.39 is 6.10 Å². The molecule has 1 heterocycles. The van der Waals surface area contributed by atoms with E-state index in [-0.39, 0.29) is 17.4 Å². The molecule has 2 amide bonds. The predicted octanol–water partition coefficient (Wildman–Crippen LogP) is 3.46. The summed E-state index contributed by atoms with van der Waals surface area (Å²) in [5.41, 5.74) is 0.672. The van der Waals surface area contributed by atoms with E-state index >= 15 is 0 Å². The number of benzene rings is 1. The van der Waals surface area contributed by atoms with Gasteiger partial charge in [0.1, 0.15) is 0 Å². The lowest BCUT2D eigenvalue weighted by Gasteiger charge is -2.56. The maximum absolute atomic E-state index is 13.0. The van der Waals surface area contributed by atoms with Gasteiger partial charge < -0.3 is 15.3 Å². The Kier molecular flexibility index (Phi) is 5.56. The molecule has 6 heteroatoms. The molecule has 1 saturated heterocycles. The van der Waals surface area contributed by atoms with Gasteiger partial charge in [-0.2, -0.15) is 0 Å². The fourth-order valence-electron chi connectivity index (χ4n) is 6.82. The van der Waals surface area contributed by atoms with E-state index in [0.29, 0.717) is 24.4 Å². The number of amides is 2. The van der Waals surface area contributed by atoms with Crippen molar-refractivity contribution < 1.29 is 14.7 Å². The van der Waals surface area contributed by atoms with Crippen LogP contribution in [0.3, 0.4) is 0 Å². The van der Waals surface area contributed by atoms with Crippen LogP contribution in [0.5, 0.6) is 0 Å². The Morgan fingerprint density at radius 3 is 2.43 bits per heavy atom. The summed E-state index contributed by atoms with van der Waals surface area (Å²) in [5, 5.41) is 13.3. The van der Waals surface area contributed by atoms with Gasteiger partial charge in [0.2, 0.25) is 5.91 Å². The Labute approximate surface area is 183 Å². The van der Waals surface area contributed by atoms with Crippen molar-refractivity contribution >= 4 is 23.6 Å². The number of β-amino-alcohol motifs (C(OH)–C–C–N with tert-alkyl or cyclic N) is 1. The normalized spacial score (nSPS) is 34.8. The highest BCUT2D eigenvalue weighted by molar-refractivity contribution is 8.00. The lowest BCUT2D eigenvalue weighted by Crippen LogP contribution is -2.60. The van der Waals surface area contributed by atoms with Crippen molar-refractivity contribution in [2.75, 3.05) is 18.8 Å². The summed E-state index contributed by atoms with van der Waals surface area (Å²) >= 11 is 1.45. The molecule has 6 rings (SSSR count). The average Bonchev–Trinajstić information content (AvgIpc) is 2.70. The zero-order valence-electron chi connectivity index (χ0n) is 17.5. The molecule has 162 valence electrons. The molecule has 2 N–H and O–H groups in total. The van der Waals surface area contributed by atoms with E-state index in [2.05, 4.69) is 5.32 Å². The largest absolute Gasteiger partial charge is 0.391 e. The summed E-state index contributed by atoms with van der Waals surface area (Å²) in [6.45, 7) is 1.08. The van der Waals surface area contributed by atoms with E-state index in [4.69, 9.17) is 0 Å². The number of rotatable bonds is 5. The van der Waals surface area contributed by atoms with E-state index in [1.165, 1.54) is 31.0 Å². The molecule has 1 aliphatic heterocycles. The second-order valence-electron chi connectivity index (χ2n) is 10.1. The van der Waals surface area contributed by atoms with E-state index in [1.54, 1.807) is 4.90 Å². The third kappa shape index (κ3) is 4.13. The van der Waals surface area contributed by atoms with Crippen LogP contribution in [0.2, 0.25) is 0 Å². The summed E-state index contributed by atoms with van der Waals surface area (Å²) in [6, 6.07) is 7.55. The van der Waals surface area contributed by atoms with Crippen molar-refractivity contribution in [3.63, 3.8) is 0 Å². The highest BCUT2D eigenvalue weighted by atomic mass is 32.2. The van der Waals surface area contributed by atoms with E-state index in [0.717, 1.165) is 54.8 Å². The highest BCUT2D eigenvalue weighted by Gasteiger charge is 2.51. The zero-order valence-corrected chi connectivity index (χ0v) is 18.3. The van der Waals surface area contributed by atoms with E-state index in [1.807, 2.05) is 24.3 Å². The van der Waals surface area contributed by atoms with Crippen molar-refractivity contribution in [1.29, 1.82) is 0 Å². The maximum Gasteiger partial charge on any atom is 0.255 e. The van der Waals surface area contributed by atoms with Gasteiger partial charge in [0, 0.05) is 23.5 Å². The molecular formula is C24H32N2O3S. The van der Waals surface area contributed by atoms with Gasteiger partial charge in [-0.1, -0.05) is 12.1 Å². The molecule has 4 saturated carbocycles. The van der Waals surface area contributed by atoms with Crippen molar-refractivity contribution in [3.8, 4) is 0 Å². The molecular weight excluding hydrogens is 396 g/mol. The molecule has 5 nitrogen and oxygen atoms in total. The molecule has 0 radical (unpaired) electrons. The predicted molar refractivity (Wildman–Crippen MR) is 117 cm³/mol. The molecule has 30 heavy (non-hydrogen) atoms. The van der Waals surface area contributed by atoms with Gasteiger partial charge in [-0.15, -0.1) is 11.8 Å². The second-order valence-corrected chi connectivity index (χ2v) is 11.1. The monoisotopic (exact) mass is 428 g/mol. The SMILES string of the molecule is O=C(CSc1ccccc1C(=O)N1CCCC(O)C1)NC12CC3CC(CC(C3)C1)C2. The zero-order chi connectivity index (χ0) is 20.7. The number of piperidine rings is 1. The van der Waals surface area contributed by atoms with Gasteiger partial charge in [0.25, 0.3) is 5.91 Å². The van der Waals surface area contributed by atoms with Crippen LogP contribution in [0.1, 0.15) is 61.7 Å². The number of aliphatic hydroxyl groups is 1. The van der Waals surface area contributed by atoms with Crippen LogP contribution in [0.15, 0.2) is 29.2 Å². The molecule has 1 atom stereocenters. The van der Waals surface area contributed by atoms with Gasteiger partial charge >= 0.3 is 0 Å². The smallest absolute Gasteiger partial charge is 0.255 e. The number of carbonyl (C=O) groups excluding carboxylic acids is 2. The summed E-state index contributed by atoms with van der Waals surface area (Å²) in [4.78, 5) is 28.5. The second kappa shape index (κ2) is 8.19. The summed E-state index contributed by atoms with van der Waals surface area (Å²) in [5.74, 6) is 2.82. The number of likely N-dealkylation sites (tertiary alicyclic amines) is 1. The molecule has 0 spiro atoms. The molecule has 5 fully saturated rings. The van der Waals surface area contributed by atoms with Crippen LogP contribution in [-0.2, 0) is 4.79 Å². The quantitative estimate of drug-likeness (QED) is 0.705. The Hall–Kier alpha value is -1.53. The van der Waals surface area contributed by atoms with E-state index in [9.17, 15) is 14.7 Å². The van der Waals surface area contributed by atoms with Crippen LogP contribution in [0, 0.1) is 17.8 Å². The molecule has 4 bridgehead atoms. The minimum atomic E-state index is -0.437. The fourth-order valence-corrected chi connectivity index (χ4v) is 7.66. The minimum Gasteiger partial charge on any atom is -0.391 e. The van der Waals surface area contributed by atoms with Gasteiger partial charge in [0.05, 0.1) is 17.4 Å². The highest BCUT2D eigenvalue weighted by Crippen LogP contribution is 2.55. The topological polar surface area (TPSA) is 69.6 Å². The first-order chi connectivity index (χ1) is 14.5. The number of nitrogens with zero attached hydrogens (tertiary/aromatic N) is 1. The summed E-state index contributed by atoms with van der Waals surface area (Å²) < 4.78 is 0. The van der Waals surface area contributed by atoms with Crippen LogP contribution >= 0.6 is 11.8 Å². The number of hydrogen-bond donors (Lipinski definition) is 2. The molecule has 1 aromatic rings. The van der Waals surface area contributed by atoms with Crippen molar-refractivity contribution in [1.82, 2.24) is 10.2 Å². The van der Waals surface area contributed by atoms with Crippen molar-refractivity contribution in [3.05, 3.63) is 29.8 Å². The first-order valence-corrected chi connectivity index (χ1v) is 12.5. The first kappa shape index (κ1) is 20.4. The maximum atomic E-state index is 13.0. The third-order valence-electron chi connectivity index (χ3n) is 7.60. The number of hydrogen-bond acceptors (Lipinski definition) is 4. The standard InChI is InChI=1S/C24H32N2O3S/c27-19-4-3-7-26(14-19)23(29)20-5-1-2-6-21(20)30-15-22(28)25-24-11-16-8-17(12-24)10-18(9-16)13-24/h1-2,5-6,16-19,27H,3-4,7-15H2,(H,25,28). The molecule has 4 aliphatic carbocycles. The van der Waals surface area contributed by atoms with Crippen LogP contribution in [0.4, 0.5) is 0 Å². The Morgan fingerprint density at radius 2 is 1.77 bits per heavy atom. The van der Waals surface area contributed by atoms with Crippen molar-refractivity contribution in [2.24, 2.45) is 17.8 Å². The summed E-state index contributed by atoms with van der Waals surface area (Å²) in [6.07, 6.45) is 8.71. The number of thioether (sulfide) groups is 1. The number of nitrogens with one attached hydrogen (secondary N) is 1. The van der Waals surface area contributed by atoms with Gasteiger partial charge in [-0.3, -0.25) is 9.59 Å². The number of carbonyl (C=O) groups is 2. The fraction of sp³-hybridized carbons (Fsp3) is 0.667. The Bertz CT molecular complexity index is 791. The van der Waals surface area contributed by atoms with Crippen molar-refractivity contribution in [2.45, 2.75) is 67.9 Å². The number of aliphatic hydroxyl groups excluding tert-OH is 1. The molecule has 0 aromatic heterocycles. The lowest BCUT2D eigenvalue weighted by atomic mass is 9.53. The van der Waals surface area contributed by atoms with Gasteiger partial charge in [-0.05, 0) is 81.3 Å². The molecule has 1 unspecified atom stereocenters. The third-order valence-corrected chi connectivity index (χ3v) is 8.68. The van der Waals surface area contributed by atoms with Crippen LogP contribution in [0.25, 0.3) is 0 Å². The van der Waals surface area contributed by atoms with Gasteiger partial charge in [-0.25, -0.2) is 0 Å². The van der Waals surface area contributed by atoms with Gasteiger partial charge in [0.15, 0.2) is 0 Å². The Morgan fingerprint density at radius 1 is 1.10 bits per heavy atom. The molecule has 5 aliphatic rings. The minimum absolute atomic E-state index is 0.0334. The Balaban J connectivity index is 1.22.